The van der Waals surface area contributed by atoms with Crippen molar-refractivity contribution in [3.8, 4) is 0 Å². The molecule has 1 N–H and O–H groups in total. The van der Waals surface area contributed by atoms with E-state index in [1.165, 1.54) is 6.07 Å². The highest BCUT2D eigenvalue weighted by atomic mass is 32.2. The lowest BCUT2D eigenvalue weighted by molar-refractivity contribution is -0.113. The fourth-order valence-corrected chi connectivity index (χ4v) is 2.61. The molecule has 0 bridgehead atoms. The number of rotatable bonds is 6. The van der Waals surface area contributed by atoms with Gasteiger partial charge in [-0.25, -0.2) is 9.18 Å². The first kappa shape index (κ1) is 17.0. The number of halogens is 1. The standard InChI is InChI=1S/C17H16FNO3S/c1-2-22-17(21)12-7-3-5-9-14(12)19-16(20)11-23-15-10-6-4-8-13(15)18/h3-10H,2,11H2,1H3,(H,19,20). The molecule has 0 aromatic heterocycles. The van der Waals surface area contributed by atoms with Crippen LogP contribution in [0, 0.1) is 5.82 Å². The van der Waals surface area contributed by atoms with Gasteiger partial charge in [0.1, 0.15) is 5.82 Å². The molecule has 0 radical (unpaired) electrons. The Kier molecular flexibility index (Phi) is 6.17. The van der Waals surface area contributed by atoms with Crippen molar-refractivity contribution in [1.82, 2.24) is 0 Å². The molecule has 2 aromatic carbocycles. The summed E-state index contributed by atoms with van der Waals surface area (Å²) in [6, 6.07) is 12.9. The van der Waals surface area contributed by atoms with Crippen LogP contribution >= 0.6 is 11.8 Å². The van der Waals surface area contributed by atoms with Gasteiger partial charge in [-0.1, -0.05) is 24.3 Å². The molecule has 0 atom stereocenters. The molecule has 0 heterocycles. The molecular formula is C17H16FNO3S. The third-order valence-electron chi connectivity index (χ3n) is 2.89. The van der Waals surface area contributed by atoms with E-state index in [1.807, 2.05) is 0 Å². The van der Waals surface area contributed by atoms with E-state index < -0.39 is 5.97 Å². The fourth-order valence-electron chi connectivity index (χ4n) is 1.87. The van der Waals surface area contributed by atoms with Crippen molar-refractivity contribution in [1.29, 1.82) is 0 Å². The van der Waals surface area contributed by atoms with Crippen LogP contribution in [0.4, 0.5) is 10.1 Å². The maximum Gasteiger partial charge on any atom is 0.340 e. The lowest BCUT2D eigenvalue weighted by Crippen LogP contribution is -2.17. The molecule has 1 amide bonds. The van der Waals surface area contributed by atoms with Gasteiger partial charge in [-0.15, -0.1) is 11.8 Å². The topological polar surface area (TPSA) is 55.4 Å². The summed E-state index contributed by atoms with van der Waals surface area (Å²) in [5.41, 5.74) is 0.670. The summed E-state index contributed by atoms with van der Waals surface area (Å²) >= 11 is 1.10. The lowest BCUT2D eigenvalue weighted by Gasteiger charge is -2.10. The Morgan fingerprint density at radius 3 is 2.57 bits per heavy atom. The van der Waals surface area contributed by atoms with Crippen LogP contribution in [-0.4, -0.2) is 24.2 Å². The third-order valence-corrected chi connectivity index (χ3v) is 3.94. The summed E-state index contributed by atoms with van der Waals surface area (Å²) in [5.74, 6) is -1.14. The Hall–Kier alpha value is -2.34. The van der Waals surface area contributed by atoms with Crippen molar-refractivity contribution >= 4 is 29.3 Å². The molecule has 0 saturated carbocycles. The van der Waals surface area contributed by atoms with E-state index in [9.17, 15) is 14.0 Å². The van der Waals surface area contributed by atoms with Crippen LogP contribution in [0.25, 0.3) is 0 Å². The van der Waals surface area contributed by atoms with Crippen molar-refractivity contribution in [3.05, 3.63) is 59.9 Å². The summed E-state index contributed by atoms with van der Waals surface area (Å²) < 4.78 is 18.5. The van der Waals surface area contributed by atoms with E-state index in [0.29, 0.717) is 16.1 Å². The molecule has 2 aromatic rings. The molecule has 0 unspecified atom stereocenters. The predicted molar refractivity (Wildman–Crippen MR) is 88.2 cm³/mol. The quantitative estimate of drug-likeness (QED) is 0.646. The third kappa shape index (κ3) is 4.82. The van der Waals surface area contributed by atoms with Gasteiger partial charge in [-0.05, 0) is 31.2 Å². The minimum atomic E-state index is -0.495. The number of esters is 1. The number of thioether (sulfide) groups is 1. The summed E-state index contributed by atoms with van der Waals surface area (Å²) in [5, 5.41) is 2.66. The molecule has 120 valence electrons. The Morgan fingerprint density at radius 1 is 1.13 bits per heavy atom. The van der Waals surface area contributed by atoms with Crippen LogP contribution in [0.3, 0.4) is 0 Å². The van der Waals surface area contributed by atoms with Crippen LogP contribution in [0.1, 0.15) is 17.3 Å². The number of carbonyl (C=O) groups excluding carboxylic acids is 2. The summed E-state index contributed by atoms with van der Waals surface area (Å²) in [6.07, 6.45) is 0. The maximum absolute atomic E-state index is 13.5. The zero-order valence-corrected chi connectivity index (χ0v) is 13.4. The molecule has 0 fully saturated rings. The highest BCUT2D eigenvalue weighted by molar-refractivity contribution is 8.00. The molecule has 23 heavy (non-hydrogen) atoms. The average Bonchev–Trinajstić information content (AvgIpc) is 2.55. The average molecular weight is 333 g/mol. The van der Waals surface area contributed by atoms with E-state index in [-0.39, 0.29) is 24.1 Å². The Bertz CT molecular complexity index is 706. The van der Waals surface area contributed by atoms with Gasteiger partial charge in [0.05, 0.1) is 23.6 Å². The van der Waals surface area contributed by atoms with Crippen molar-refractivity contribution in [3.63, 3.8) is 0 Å². The minimum Gasteiger partial charge on any atom is -0.462 e. The van der Waals surface area contributed by atoms with Gasteiger partial charge in [-0.2, -0.15) is 0 Å². The van der Waals surface area contributed by atoms with Gasteiger partial charge in [0.25, 0.3) is 0 Å². The van der Waals surface area contributed by atoms with Crippen LogP contribution in [0.15, 0.2) is 53.4 Å². The fraction of sp³-hybridized carbons (Fsp3) is 0.176. The maximum atomic E-state index is 13.5. The Morgan fingerprint density at radius 2 is 1.83 bits per heavy atom. The summed E-state index contributed by atoms with van der Waals surface area (Å²) in [4.78, 5) is 24.3. The molecule has 0 spiro atoms. The van der Waals surface area contributed by atoms with Crippen LogP contribution in [0.5, 0.6) is 0 Å². The lowest BCUT2D eigenvalue weighted by atomic mass is 10.2. The molecule has 2 rings (SSSR count). The van der Waals surface area contributed by atoms with Gasteiger partial charge < -0.3 is 10.1 Å². The Labute approximate surface area is 138 Å². The summed E-state index contributed by atoms with van der Waals surface area (Å²) in [6.45, 7) is 1.97. The second kappa shape index (κ2) is 8.33. The zero-order valence-electron chi connectivity index (χ0n) is 12.5. The largest absolute Gasteiger partial charge is 0.462 e. The van der Waals surface area contributed by atoms with E-state index >= 15 is 0 Å². The predicted octanol–water partition coefficient (Wildman–Crippen LogP) is 3.73. The normalized spacial score (nSPS) is 10.2. The number of para-hydroxylation sites is 1. The number of anilines is 1. The Balaban J connectivity index is 2.01. The number of amides is 1. The molecule has 0 saturated heterocycles. The van der Waals surface area contributed by atoms with Crippen LogP contribution in [-0.2, 0) is 9.53 Å². The minimum absolute atomic E-state index is 0.0398. The first-order chi connectivity index (χ1) is 11.1. The molecule has 0 aliphatic rings. The van der Waals surface area contributed by atoms with Gasteiger partial charge in [-0.3, -0.25) is 4.79 Å². The van der Waals surface area contributed by atoms with Crippen LogP contribution < -0.4 is 5.32 Å². The monoisotopic (exact) mass is 333 g/mol. The summed E-state index contributed by atoms with van der Waals surface area (Å²) in [7, 11) is 0. The highest BCUT2D eigenvalue weighted by Crippen LogP contribution is 2.22. The van der Waals surface area contributed by atoms with Crippen LogP contribution in [0.2, 0.25) is 0 Å². The van der Waals surface area contributed by atoms with E-state index in [2.05, 4.69) is 5.32 Å². The van der Waals surface area contributed by atoms with Gasteiger partial charge in [0.2, 0.25) is 5.91 Å². The molecule has 6 heteroatoms. The highest BCUT2D eigenvalue weighted by Gasteiger charge is 2.14. The zero-order chi connectivity index (χ0) is 16.7. The molecule has 0 aliphatic heterocycles. The van der Waals surface area contributed by atoms with Gasteiger partial charge in [0, 0.05) is 4.90 Å². The second-order valence-electron chi connectivity index (χ2n) is 4.53. The van der Waals surface area contributed by atoms with Crippen molar-refractivity contribution in [2.45, 2.75) is 11.8 Å². The number of ether oxygens (including phenoxy) is 1. The second-order valence-corrected chi connectivity index (χ2v) is 5.55. The van der Waals surface area contributed by atoms with Crippen molar-refractivity contribution in [2.24, 2.45) is 0 Å². The molecular weight excluding hydrogens is 317 g/mol. The van der Waals surface area contributed by atoms with Gasteiger partial charge >= 0.3 is 5.97 Å². The van der Waals surface area contributed by atoms with E-state index in [4.69, 9.17) is 4.74 Å². The number of hydrogen-bond donors (Lipinski definition) is 1. The number of nitrogens with one attached hydrogen (secondary N) is 1. The van der Waals surface area contributed by atoms with E-state index in [1.54, 1.807) is 49.4 Å². The number of benzene rings is 2. The molecule has 4 nitrogen and oxygen atoms in total. The first-order valence-corrected chi connectivity index (χ1v) is 8.03. The number of carbonyl (C=O) groups is 2. The first-order valence-electron chi connectivity index (χ1n) is 7.05. The van der Waals surface area contributed by atoms with E-state index in [0.717, 1.165) is 11.8 Å². The van der Waals surface area contributed by atoms with Gasteiger partial charge in [0.15, 0.2) is 0 Å². The van der Waals surface area contributed by atoms with Crippen molar-refractivity contribution < 1.29 is 18.7 Å². The number of hydrogen-bond acceptors (Lipinski definition) is 4. The molecule has 0 aliphatic carbocycles. The SMILES string of the molecule is CCOC(=O)c1ccccc1NC(=O)CSc1ccccc1F. The smallest absolute Gasteiger partial charge is 0.340 e. The van der Waals surface area contributed by atoms with Crippen molar-refractivity contribution in [2.75, 3.05) is 17.7 Å².